The molecule has 158 valence electrons. The molecule has 0 fully saturated rings. The minimum absolute atomic E-state index is 0.0242. The molecular formula is C22H17F2N3O2S2. The van der Waals surface area contributed by atoms with Crippen LogP contribution in [0.15, 0.2) is 57.8 Å². The number of thiophene rings is 1. The average Bonchev–Trinajstić information content (AvgIpc) is 3.15. The van der Waals surface area contributed by atoms with Crippen molar-refractivity contribution in [1.82, 2.24) is 9.55 Å². The molecule has 2 aromatic heterocycles. The molecule has 0 aliphatic carbocycles. The third-order valence-corrected chi connectivity index (χ3v) is 6.35. The summed E-state index contributed by atoms with van der Waals surface area (Å²) in [5.74, 6) is -2.13. The zero-order chi connectivity index (χ0) is 22.1. The van der Waals surface area contributed by atoms with Crippen LogP contribution in [0.2, 0.25) is 0 Å². The zero-order valence-corrected chi connectivity index (χ0v) is 18.2. The smallest absolute Gasteiger partial charge is 0.276 e. The van der Waals surface area contributed by atoms with Crippen molar-refractivity contribution in [3.8, 4) is 5.69 Å². The number of hydrogen-bond acceptors (Lipinski definition) is 5. The van der Waals surface area contributed by atoms with E-state index in [-0.39, 0.29) is 17.0 Å². The normalized spacial score (nSPS) is 11.1. The third-order valence-electron chi connectivity index (χ3n) is 4.52. The molecule has 0 atom stereocenters. The van der Waals surface area contributed by atoms with Crippen LogP contribution in [0.25, 0.3) is 15.9 Å². The lowest BCUT2D eigenvalue weighted by molar-refractivity contribution is -0.113. The summed E-state index contributed by atoms with van der Waals surface area (Å²) >= 11 is 2.39. The Hall–Kier alpha value is -3.04. The Kier molecular flexibility index (Phi) is 5.88. The van der Waals surface area contributed by atoms with E-state index in [1.54, 1.807) is 11.4 Å². The molecule has 0 unspecified atom stereocenters. The molecular weight excluding hydrogens is 440 g/mol. The Morgan fingerprint density at radius 3 is 2.58 bits per heavy atom. The van der Waals surface area contributed by atoms with Gasteiger partial charge in [0.2, 0.25) is 5.91 Å². The van der Waals surface area contributed by atoms with E-state index in [0.717, 1.165) is 41.1 Å². The fourth-order valence-corrected chi connectivity index (χ4v) is 4.78. The van der Waals surface area contributed by atoms with Gasteiger partial charge in [-0.15, -0.1) is 11.3 Å². The lowest BCUT2D eigenvalue weighted by Gasteiger charge is -2.14. The Morgan fingerprint density at radius 1 is 1.13 bits per heavy atom. The number of hydrogen-bond donors (Lipinski definition) is 1. The highest BCUT2D eigenvalue weighted by molar-refractivity contribution is 7.99. The largest absolute Gasteiger partial charge is 0.325 e. The van der Waals surface area contributed by atoms with E-state index < -0.39 is 17.5 Å². The first-order valence-electron chi connectivity index (χ1n) is 9.28. The highest BCUT2D eigenvalue weighted by atomic mass is 32.2. The van der Waals surface area contributed by atoms with Crippen molar-refractivity contribution in [3.63, 3.8) is 0 Å². The maximum Gasteiger partial charge on any atom is 0.276 e. The number of halogens is 2. The molecule has 0 radical (unpaired) electrons. The van der Waals surface area contributed by atoms with Gasteiger partial charge in [0.25, 0.3) is 5.56 Å². The minimum Gasteiger partial charge on any atom is -0.325 e. The summed E-state index contributed by atoms with van der Waals surface area (Å²) in [5, 5.41) is 4.63. The number of benzene rings is 2. The molecule has 4 aromatic rings. The van der Waals surface area contributed by atoms with Crippen LogP contribution in [0.4, 0.5) is 14.5 Å². The van der Waals surface area contributed by atoms with Gasteiger partial charge in [-0.2, -0.15) is 0 Å². The van der Waals surface area contributed by atoms with E-state index in [4.69, 9.17) is 0 Å². The molecule has 0 saturated heterocycles. The quantitative estimate of drug-likeness (QED) is 0.336. The first-order valence-corrected chi connectivity index (χ1v) is 11.1. The molecule has 1 N–H and O–H groups in total. The maximum atomic E-state index is 13.4. The predicted molar refractivity (Wildman–Crippen MR) is 120 cm³/mol. The molecule has 2 aromatic carbocycles. The summed E-state index contributed by atoms with van der Waals surface area (Å²) in [4.78, 5) is 30.2. The van der Waals surface area contributed by atoms with Crippen LogP contribution < -0.4 is 10.9 Å². The monoisotopic (exact) mass is 457 g/mol. The van der Waals surface area contributed by atoms with Crippen LogP contribution in [-0.4, -0.2) is 21.2 Å². The lowest BCUT2D eigenvalue weighted by atomic mass is 10.1. The van der Waals surface area contributed by atoms with E-state index in [2.05, 4.69) is 10.3 Å². The third kappa shape index (κ3) is 4.52. The number of carbonyl (C=O) groups is 1. The zero-order valence-electron chi connectivity index (χ0n) is 16.6. The topological polar surface area (TPSA) is 64.0 Å². The second-order valence-electron chi connectivity index (χ2n) is 6.95. The van der Waals surface area contributed by atoms with Gasteiger partial charge in [0, 0.05) is 11.8 Å². The number of aromatic nitrogens is 2. The van der Waals surface area contributed by atoms with E-state index >= 15 is 0 Å². The number of carbonyl (C=O) groups excluding carboxylic acids is 1. The molecule has 0 saturated carbocycles. The van der Waals surface area contributed by atoms with Gasteiger partial charge in [0.1, 0.15) is 16.3 Å². The van der Waals surface area contributed by atoms with Gasteiger partial charge in [-0.05, 0) is 49.1 Å². The first kappa shape index (κ1) is 21.2. The summed E-state index contributed by atoms with van der Waals surface area (Å²) in [5.41, 5.74) is 3.04. The van der Waals surface area contributed by atoms with Crippen molar-refractivity contribution in [2.45, 2.75) is 19.0 Å². The van der Waals surface area contributed by atoms with Crippen LogP contribution in [0.3, 0.4) is 0 Å². The minimum atomic E-state index is -0.781. The Morgan fingerprint density at radius 2 is 1.87 bits per heavy atom. The number of fused-ring (bicyclic) bond motifs is 1. The van der Waals surface area contributed by atoms with Gasteiger partial charge in [0.15, 0.2) is 5.16 Å². The molecule has 9 heteroatoms. The summed E-state index contributed by atoms with van der Waals surface area (Å²) < 4.78 is 28.7. The number of anilines is 1. The first-order chi connectivity index (χ1) is 14.8. The Bertz CT molecular complexity index is 1340. The predicted octanol–water partition coefficient (Wildman–Crippen LogP) is 5.07. The van der Waals surface area contributed by atoms with Crippen molar-refractivity contribution in [2.75, 3.05) is 11.1 Å². The lowest BCUT2D eigenvalue weighted by Crippen LogP contribution is -2.23. The van der Waals surface area contributed by atoms with Gasteiger partial charge in [0.05, 0.1) is 17.0 Å². The van der Waals surface area contributed by atoms with Crippen LogP contribution in [0.1, 0.15) is 11.1 Å². The van der Waals surface area contributed by atoms with Gasteiger partial charge in [-0.1, -0.05) is 29.5 Å². The number of rotatable bonds is 5. The number of thioether (sulfide) groups is 1. The number of nitrogens with zero attached hydrogens (tertiary/aromatic N) is 2. The molecule has 2 heterocycles. The summed E-state index contributed by atoms with van der Waals surface area (Å²) in [7, 11) is 0. The van der Waals surface area contributed by atoms with Crippen LogP contribution in [0.5, 0.6) is 0 Å². The number of nitrogens with one attached hydrogen (secondary N) is 1. The standard InChI is InChI=1S/C22H17F2N3O2S2/c1-12-3-4-18(13(2)7-12)27-21(29)20-17(5-6-30-20)26-22(27)31-11-19(28)25-16-9-14(23)8-15(24)10-16/h3-10H,11H2,1-2H3,(H,25,28). The van der Waals surface area contributed by atoms with Crippen molar-refractivity contribution in [1.29, 1.82) is 0 Å². The molecule has 5 nitrogen and oxygen atoms in total. The average molecular weight is 458 g/mol. The van der Waals surface area contributed by atoms with Gasteiger partial charge in [-0.3, -0.25) is 14.2 Å². The second-order valence-corrected chi connectivity index (χ2v) is 8.81. The van der Waals surface area contributed by atoms with Crippen molar-refractivity contribution in [3.05, 3.63) is 81.0 Å². The molecule has 0 bridgehead atoms. The van der Waals surface area contributed by atoms with Gasteiger partial charge >= 0.3 is 0 Å². The fourth-order valence-electron chi connectivity index (χ4n) is 3.21. The molecule has 31 heavy (non-hydrogen) atoms. The van der Waals surface area contributed by atoms with Gasteiger partial charge in [-0.25, -0.2) is 13.8 Å². The maximum absolute atomic E-state index is 13.4. The van der Waals surface area contributed by atoms with E-state index in [1.165, 1.54) is 15.9 Å². The van der Waals surface area contributed by atoms with E-state index in [1.807, 2.05) is 32.0 Å². The second kappa shape index (κ2) is 8.60. The molecule has 0 aliphatic rings. The summed E-state index contributed by atoms with van der Waals surface area (Å²) in [6.07, 6.45) is 0. The molecule has 0 aliphatic heterocycles. The fraction of sp³-hybridized carbons (Fsp3) is 0.136. The summed E-state index contributed by atoms with van der Waals surface area (Å²) in [6, 6.07) is 10.3. The van der Waals surface area contributed by atoms with E-state index in [9.17, 15) is 18.4 Å². The van der Waals surface area contributed by atoms with Crippen LogP contribution in [-0.2, 0) is 4.79 Å². The SMILES string of the molecule is Cc1ccc(-n2c(SCC(=O)Nc3cc(F)cc(F)c3)nc3ccsc3c2=O)c(C)c1. The molecule has 4 rings (SSSR count). The van der Waals surface area contributed by atoms with Crippen molar-refractivity contribution in [2.24, 2.45) is 0 Å². The highest BCUT2D eigenvalue weighted by Crippen LogP contribution is 2.25. The van der Waals surface area contributed by atoms with Crippen LogP contribution >= 0.6 is 23.1 Å². The number of amides is 1. The van der Waals surface area contributed by atoms with E-state index in [0.29, 0.717) is 21.1 Å². The number of aryl methyl sites for hydroxylation is 2. The van der Waals surface area contributed by atoms with Gasteiger partial charge < -0.3 is 5.32 Å². The Balaban J connectivity index is 1.66. The van der Waals surface area contributed by atoms with Crippen LogP contribution in [0, 0.1) is 25.5 Å². The Labute approximate surface area is 184 Å². The summed E-state index contributed by atoms with van der Waals surface area (Å²) in [6.45, 7) is 3.88. The highest BCUT2D eigenvalue weighted by Gasteiger charge is 2.17. The molecule has 0 spiro atoms. The van der Waals surface area contributed by atoms with Crippen molar-refractivity contribution >= 4 is 44.9 Å². The molecule has 1 amide bonds. The van der Waals surface area contributed by atoms with Crippen molar-refractivity contribution < 1.29 is 13.6 Å².